The number of benzene rings is 2. The Morgan fingerprint density at radius 1 is 1.04 bits per heavy atom. The molecule has 0 spiro atoms. The van der Waals surface area contributed by atoms with Crippen LogP contribution in [0.3, 0.4) is 0 Å². The summed E-state index contributed by atoms with van der Waals surface area (Å²) in [5.74, 6) is 0.0550. The zero-order valence-corrected chi connectivity index (χ0v) is 14.9. The SMILES string of the molecule is NC(C(=O)Nc1ccc(COCc2ccccc2)cc1)C1CCOCC1. The van der Waals surface area contributed by atoms with Gasteiger partial charge in [0.05, 0.1) is 19.3 Å². The second kappa shape index (κ2) is 9.48. The zero-order valence-electron chi connectivity index (χ0n) is 14.9. The van der Waals surface area contributed by atoms with Crippen LogP contribution in [0, 0.1) is 5.92 Å². The second-order valence-corrected chi connectivity index (χ2v) is 6.64. The van der Waals surface area contributed by atoms with Gasteiger partial charge in [-0.2, -0.15) is 0 Å². The average Bonchev–Trinajstić information content (AvgIpc) is 2.70. The monoisotopic (exact) mass is 354 g/mol. The number of carbonyl (C=O) groups excluding carboxylic acids is 1. The van der Waals surface area contributed by atoms with Gasteiger partial charge in [0, 0.05) is 18.9 Å². The van der Waals surface area contributed by atoms with Crippen molar-refractivity contribution in [3.63, 3.8) is 0 Å². The Labute approximate surface area is 154 Å². The predicted molar refractivity (Wildman–Crippen MR) is 102 cm³/mol. The Kier molecular flexibility index (Phi) is 6.77. The largest absolute Gasteiger partial charge is 0.381 e. The van der Waals surface area contributed by atoms with E-state index in [9.17, 15) is 4.79 Å². The van der Waals surface area contributed by atoms with Gasteiger partial charge in [-0.05, 0) is 42.0 Å². The number of nitrogens with two attached hydrogens (primary N) is 1. The van der Waals surface area contributed by atoms with E-state index in [0.29, 0.717) is 26.4 Å². The van der Waals surface area contributed by atoms with Crippen LogP contribution in [0.25, 0.3) is 0 Å². The summed E-state index contributed by atoms with van der Waals surface area (Å²) in [5.41, 5.74) is 9.07. The third-order valence-electron chi connectivity index (χ3n) is 4.68. The molecule has 138 valence electrons. The van der Waals surface area contributed by atoms with Crippen molar-refractivity contribution in [1.82, 2.24) is 0 Å². The summed E-state index contributed by atoms with van der Waals surface area (Å²) in [6.45, 7) is 2.48. The number of ether oxygens (including phenoxy) is 2. The van der Waals surface area contributed by atoms with Crippen molar-refractivity contribution in [2.45, 2.75) is 32.1 Å². The van der Waals surface area contributed by atoms with Crippen LogP contribution in [-0.4, -0.2) is 25.2 Å². The summed E-state index contributed by atoms with van der Waals surface area (Å²) in [5, 5.41) is 2.90. The first-order chi connectivity index (χ1) is 12.7. The lowest BCUT2D eigenvalue weighted by atomic mass is 9.92. The Morgan fingerprint density at radius 2 is 1.65 bits per heavy atom. The molecule has 1 fully saturated rings. The van der Waals surface area contributed by atoms with Crippen molar-refractivity contribution < 1.29 is 14.3 Å². The first kappa shape index (κ1) is 18.6. The van der Waals surface area contributed by atoms with Crippen molar-refractivity contribution in [1.29, 1.82) is 0 Å². The van der Waals surface area contributed by atoms with Crippen LogP contribution >= 0.6 is 0 Å². The van der Waals surface area contributed by atoms with Crippen molar-refractivity contribution in [2.75, 3.05) is 18.5 Å². The molecule has 3 rings (SSSR count). The van der Waals surface area contributed by atoms with Crippen LogP contribution in [0.4, 0.5) is 5.69 Å². The van der Waals surface area contributed by atoms with Crippen LogP contribution in [0.15, 0.2) is 54.6 Å². The molecule has 0 saturated carbocycles. The fourth-order valence-corrected chi connectivity index (χ4v) is 3.06. The molecule has 1 atom stereocenters. The third-order valence-corrected chi connectivity index (χ3v) is 4.68. The standard InChI is InChI=1S/C21H26N2O3/c22-20(18-10-12-25-13-11-18)21(24)23-19-8-6-17(7-9-19)15-26-14-16-4-2-1-3-5-16/h1-9,18,20H,10-15,22H2,(H,23,24). The van der Waals surface area contributed by atoms with Gasteiger partial charge >= 0.3 is 0 Å². The Bertz CT molecular complexity index is 682. The lowest BCUT2D eigenvalue weighted by molar-refractivity contribution is -0.119. The molecule has 2 aromatic rings. The first-order valence-electron chi connectivity index (χ1n) is 9.07. The minimum Gasteiger partial charge on any atom is -0.381 e. The second-order valence-electron chi connectivity index (χ2n) is 6.64. The minimum absolute atomic E-state index is 0.134. The molecule has 0 aromatic heterocycles. The summed E-state index contributed by atoms with van der Waals surface area (Å²) in [6, 6.07) is 17.3. The lowest BCUT2D eigenvalue weighted by Gasteiger charge is -2.26. The van der Waals surface area contributed by atoms with E-state index in [1.165, 1.54) is 0 Å². The Hall–Kier alpha value is -2.21. The van der Waals surface area contributed by atoms with Crippen LogP contribution < -0.4 is 11.1 Å². The molecular weight excluding hydrogens is 328 g/mol. The van der Waals surface area contributed by atoms with Gasteiger partial charge < -0.3 is 20.5 Å². The average molecular weight is 354 g/mol. The molecule has 1 aliphatic rings. The molecule has 26 heavy (non-hydrogen) atoms. The summed E-state index contributed by atoms with van der Waals surface area (Å²) < 4.78 is 11.0. The summed E-state index contributed by atoms with van der Waals surface area (Å²) in [7, 11) is 0. The molecule has 5 heteroatoms. The third kappa shape index (κ3) is 5.39. The first-order valence-corrected chi connectivity index (χ1v) is 9.07. The molecule has 1 amide bonds. The molecular formula is C21H26N2O3. The quantitative estimate of drug-likeness (QED) is 0.801. The van der Waals surface area contributed by atoms with Gasteiger partial charge in [0.15, 0.2) is 0 Å². The number of hydrogen-bond donors (Lipinski definition) is 2. The number of anilines is 1. The van der Waals surface area contributed by atoms with Crippen LogP contribution in [0.5, 0.6) is 0 Å². The van der Waals surface area contributed by atoms with Crippen LogP contribution in [0.2, 0.25) is 0 Å². The number of carbonyl (C=O) groups is 1. The highest BCUT2D eigenvalue weighted by atomic mass is 16.5. The van der Waals surface area contributed by atoms with Gasteiger partial charge in [-0.1, -0.05) is 42.5 Å². The van der Waals surface area contributed by atoms with E-state index < -0.39 is 6.04 Å². The maximum Gasteiger partial charge on any atom is 0.241 e. The normalized spacial score (nSPS) is 16.2. The van der Waals surface area contributed by atoms with Gasteiger partial charge in [-0.25, -0.2) is 0 Å². The Morgan fingerprint density at radius 3 is 2.31 bits per heavy atom. The van der Waals surface area contributed by atoms with Crippen molar-refractivity contribution in [2.24, 2.45) is 11.7 Å². The van der Waals surface area contributed by atoms with E-state index in [4.69, 9.17) is 15.2 Å². The summed E-state index contributed by atoms with van der Waals surface area (Å²) in [4.78, 5) is 12.3. The highest BCUT2D eigenvalue weighted by molar-refractivity contribution is 5.94. The maximum atomic E-state index is 12.3. The Balaban J connectivity index is 1.45. The van der Waals surface area contributed by atoms with E-state index in [1.54, 1.807) is 0 Å². The van der Waals surface area contributed by atoms with Crippen molar-refractivity contribution in [3.05, 3.63) is 65.7 Å². The van der Waals surface area contributed by atoms with E-state index in [2.05, 4.69) is 5.32 Å². The molecule has 3 N–H and O–H groups in total. The van der Waals surface area contributed by atoms with E-state index in [-0.39, 0.29) is 11.8 Å². The molecule has 1 unspecified atom stereocenters. The molecule has 1 aliphatic heterocycles. The molecule has 0 aliphatic carbocycles. The fourth-order valence-electron chi connectivity index (χ4n) is 3.06. The minimum atomic E-state index is -0.493. The van der Waals surface area contributed by atoms with Gasteiger partial charge in [-0.15, -0.1) is 0 Å². The maximum absolute atomic E-state index is 12.3. The van der Waals surface area contributed by atoms with E-state index >= 15 is 0 Å². The fraction of sp³-hybridized carbons (Fsp3) is 0.381. The number of nitrogens with one attached hydrogen (secondary N) is 1. The van der Waals surface area contributed by atoms with Gasteiger partial charge in [0.1, 0.15) is 0 Å². The van der Waals surface area contributed by atoms with Gasteiger partial charge in [0.2, 0.25) is 5.91 Å². The summed E-state index contributed by atoms with van der Waals surface area (Å²) in [6.07, 6.45) is 1.68. The number of rotatable bonds is 7. The molecule has 0 bridgehead atoms. The van der Waals surface area contributed by atoms with Crippen molar-refractivity contribution in [3.8, 4) is 0 Å². The van der Waals surface area contributed by atoms with Crippen LogP contribution in [-0.2, 0) is 27.5 Å². The molecule has 0 radical (unpaired) electrons. The van der Waals surface area contributed by atoms with Crippen molar-refractivity contribution >= 4 is 11.6 Å². The topological polar surface area (TPSA) is 73.6 Å². The molecule has 1 heterocycles. The van der Waals surface area contributed by atoms with Crippen LogP contribution in [0.1, 0.15) is 24.0 Å². The highest BCUT2D eigenvalue weighted by Crippen LogP contribution is 2.19. The zero-order chi connectivity index (χ0) is 18.2. The van der Waals surface area contributed by atoms with E-state index in [0.717, 1.165) is 29.7 Å². The van der Waals surface area contributed by atoms with Gasteiger partial charge in [0.25, 0.3) is 0 Å². The number of amides is 1. The summed E-state index contributed by atoms with van der Waals surface area (Å²) >= 11 is 0. The number of hydrogen-bond acceptors (Lipinski definition) is 4. The van der Waals surface area contributed by atoms with Gasteiger partial charge in [-0.3, -0.25) is 4.79 Å². The molecule has 1 saturated heterocycles. The molecule has 2 aromatic carbocycles. The highest BCUT2D eigenvalue weighted by Gasteiger charge is 2.26. The predicted octanol–water partition coefficient (Wildman–Crippen LogP) is 3.10. The molecule has 5 nitrogen and oxygen atoms in total. The smallest absolute Gasteiger partial charge is 0.241 e. The van der Waals surface area contributed by atoms with E-state index in [1.807, 2.05) is 54.6 Å². The lowest BCUT2D eigenvalue weighted by Crippen LogP contribution is -2.43.